The Bertz CT molecular complexity index is 333. The summed E-state index contributed by atoms with van der Waals surface area (Å²) in [6.45, 7) is 12.5. The van der Waals surface area contributed by atoms with Gasteiger partial charge in [0.05, 0.1) is 0 Å². The number of hydrogen-bond donors (Lipinski definition) is 0. The number of piperidine rings is 1. The lowest BCUT2D eigenvalue weighted by Crippen LogP contribution is -2.53. The molecule has 2 saturated heterocycles. The molecule has 20 heavy (non-hydrogen) atoms. The quantitative estimate of drug-likeness (QED) is 0.796. The lowest BCUT2D eigenvalue weighted by molar-refractivity contribution is -0.00336. The molecule has 2 rings (SSSR count). The molecule has 4 heteroatoms. The third-order valence-electron chi connectivity index (χ3n) is 4.64. The molecule has 0 aromatic heterocycles. The van der Waals surface area contributed by atoms with E-state index in [4.69, 9.17) is 4.74 Å². The number of ether oxygens (including phenoxy) is 1. The predicted octanol–water partition coefficient (Wildman–Crippen LogP) is 3.26. The van der Waals surface area contributed by atoms with Crippen molar-refractivity contribution in [3.63, 3.8) is 0 Å². The number of fused-ring (bicyclic) bond motifs is 2. The molecule has 2 heterocycles. The highest BCUT2D eigenvalue weighted by molar-refractivity contribution is 5.69. The van der Waals surface area contributed by atoms with Crippen LogP contribution in [0.25, 0.3) is 0 Å². The lowest BCUT2D eigenvalue weighted by atomic mass is 9.96. The molecule has 2 aliphatic heterocycles. The van der Waals surface area contributed by atoms with Crippen LogP contribution < -0.4 is 0 Å². The van der Waals surface area contributed by atoms with Gasteiger partial charge < -0.3 is 14.5 Å². The van der Waals surface area contributed by atoms with E-state index in [1.54, 1.807) is 0 Å². The summed E-state index contributed by atoms with van der Waals surface area (Å²) in [4.78, 5) is 17.0. The van der Waals surface area contributed by atoms with E-state index in [9.17, 15) is 4.79 Å². The highest BCUT2D eigenvalue weighted by Crippen LogP contribution is 2.38. The average Bonchev–Trinajstić information content (AvgIpc) is 2.61. The summed E-state index contributed by atoms with van der Waals surface area (Å²) >= 11 is 0. The third-order valence-corrected chi connectivity index (χ3v) is 4.64. The Labute approximate surface area is 123 Å². The Hall–Kier alpha value is -0.770. The molecule has 0 aliphatic carbocycles. The standard InChI is InChI=1S/C16H30N2O2/c1-6-17(7-2)14-10-12-8-9-13(11-14)18(12)15(19)20-16(3,4)5/h12-14H,6-11H2,1-5H3/t12-,13+,14-. The second kappa shape index (κ2) is 5.92. The molecule has 2 bridgehead atoms. The van der Waals surface area contributed by atoms with Crippen molar-refractivity contribution >= 4 is 6.09 Å². The molecule has 0 radical (unpaired) electrons. The van der Waals surface area contributed by atoms with Gasteiger partial charge in [0.15, 0.2) is 0 Å². The monoisotopic (exact) mass is 282 g/mol. The van der Waals surface area contributed by atoms with Crippen LogP contribution in [0.4, 0.5) is 4.79 Å². The second-order valence-corrected chi connectivity index (χ2v) is 7.12. The fourth-order valence-electron chi connectivity index (χ4n) is 3.80. The summed E-state index contributed by atoms with van der Waals surface area (Å²) in [5.74, 6) is 0. The summed E-state index contributed by atoms with van der Waals surface area (Å²) < 4.78 is 5.58. The van der Waals surface area contributed by atoms with Crippen LogP contribution in [0.1, 0.15) is 60.3 Å². The van der Waals surface area contributed by atoms with Gasteiger partial charge >= 0.3 is 6.09 Å². The van der Waals surface area contributed by atoms with Crippen molar-refractivity contribution in [3.8, 4) is 0 Å². The zero-order valence-corrected chi connectivity index (χ0v) is 13.7. The number of amides is 1. The number of hydrogen-bond acceptors (Lipinski definition) is 3. The van der Waals surface area contributed by atoms with Crippen LogP contribution in [0.5, 0.6) is 0 Å². The van der Waals surface area contributed by atoms with E-state index in [2.05, 4.69) is 18.7 Å². The lowest BCUT2D eigenvalue weighted by Gasteiger charge is -2.43. The fourth-order valence-corrected chi connectivity index (χ4v) is 3.80. The first-order chi connectivity index (χ1) is 9.35. The molecule has 116 valence electrons. The largest absolute Gasteiger partial charge is 0.444 e. The summed E-state index contributed by atoms with van der Waals surface area (Å²) in [6.07, 6.45) is 4.39. The van der Waals surface area contributed by atoms with Crippen molar-refractivity contribution in [2.24, 2.45) is 0 Å². The minimum absolute atomic E-state index is 0.108. The van der Waals surface area contributed by atoms with E-state index in [0.29, 0.717) is 18.1 Å². The van der Waals surface area contributed by atoms with Gasteiger partial charge in [-0.1, -0.05) is 13.8 Å². The Balaban J connectivity index is 2.02. The molecule has 0 spiro atoms. The molecule has 4 nitrogen and oxygen atoms in total. The Morgan fingerprint density at radius 2 is 1.65 bits per heavy atom. The zero-order chi connectivity index (χ0) is 14.9. The van der Waals surface area contributed by atoms with Crippen LogP contribution >= 0.6 is 0 Å². The van der Waals surface area contributed by atoms with Crippen LogP contribution in [0.3, 0.4) is 0 Å². The van der Waals surface area contributed by atoms with Crippen molar-refractivity contribution in [2.45, 2.75) is 84.0 Å². The molecule has 0 aromatic carbocycles. The Kier molecular flexibility index (Phi) is 4.62. The average molecular weight is 282 g/mol. The summed E-state index contributed by atoms with van der Waals surface area (Å²) in [6, 6.07) is 1.41. The van der Waals surface area contributed by atoms with E-state index in [1.165, 1.54) is 0 Å². The van der Waals surface area contributed by atoms with Crippen LogP contribution in [-0.4, -0.2) is 52.7 Å². The molecule has 2 aliphatic rings. The first-order valence-corrected chi connectivity index (χ1v) is 8.11. The molecule has 0 unspecified atom stereocenters. The number of nitrogens with zero attached hydrogens (tertiary/aromatic N) is 2. The number of rotatable bonds is 3. The van der Waals surface area contributed by atoms with Gasteiger partial charge in [-0.25, -0.2) is 4.79 Å². The van der Waals surface area contributed by atoms with Gasteiger partial charge in [-0.3, -0.25) is 0 Å². The molecule has 0 N–H and O–H groups in total. The van der Waals surface area contributed by atoms with Crippen molar-refractivity contribution in [1.82, 2.24) is 9.80 Å². The van der Waals surface area contributed by atoms with Crippen LogP contribution in [0, 0.1) is 0 Å². The van der Waals surface area contributed by atoms with Gasteiger partial charge in [-0.05, 0) is 59.5 Å². The van der Waals surface area contributed by atoms with Crippen molar-refractivity contribution in [2.75, 3.05) is 13.1 Å². The van der Waals surface area contributed by atoms with Gasteiger partial charge in [0.1, 0.15) is 5.60 Å². The van der Waals surface area contributed by atoms with E-state index < -0.39 is 5.60 Å². The smallest absolute Gasteiger partial charge is 0.410 e. The molecular formula is C16H30N2O2. The number of carbonyl (C=O) groups excluding carboxylic acids is 1. The van der Waals surface area contributed by atoms with Gasteiger partial charge in [0, 0.05) is 18.1 Å². The van der Waals surface area contributed by atoms with E-state index in [-0.39, 0.29) is 6.09 Å². The normalized spacial score (nSPS) is 29.9. The Morgan fingerprint density at radius 3 is 2.05 bits per heavy atom. The first-order valence-electron chi connectivity index (χ1n) is 8.11. The minimum Gasteiger partial charge on any atom is -0.444 e. The van der Waals surface area contributed by atoms with Gasteiger partial charge in [0.2, 0.25) is 0 Å². The fraction of sp³-hybridized carbons (Fsp3) is 0.938. The van der Waals surface area contributed by atoms with Crippen LogP contribution in [0.2, 0.25) is 0 Å². The SMILES string of the molecule is CCN(CC)[C@@H]1C[C@H]2CC[C@@H](C1)N2C(=O)OC(C)(C)C. The van der Waals surface area contributed by atoms with Crippen LogP contribution in [-0.2, 0) is 4.74 Å². The van der Waals surface area contributed by atoms with Crippen molar-refractivity contribution < 1.29 is 9.53 Å². The van der Waals surface area contributed by atoms with Crippen molar-refractivity contribution in [3.05, 3.63) is 0 Å². The maximum atomic E-state index is 12.4. The first kappa shape index (κ1) is 15.6. The van der Waals surface area contributed by atoms with Crippen LogP contribution in [0.15, 0.2) is 0 Å². The maximum Gasteiger partial charge on any atom is 0.410 e. The van der Waals surface area contributed by atoms with Gasteiger partial charge in [-0.2, -0.15) is 0 Å². The number of carbonyl (C=O) groups is 1. The molecule has 2 fully saturated rings. The molecular weight excluding hydrogens is 252 g/mol. The second-order valence-electron chi connectivity index (χ2n) is 7.12. The molecule has 1 amide bonds. The van der Waals surface area contributed by atoms with Gasteiger partial charge in [0.25, 0.3) is 0 Å². The van der Waals surface area contributed by atoms with Gasteiger partial charge in [-0.15, -0.1) is 0 Å². The van der Waals surface area contributed by atoms with E-state index in [0.717, 1.165) is 38.8 Å². The summed E-state index contributed by atoms with van der Waals surface area (Å²) in [7, 11) is 0. The third kappa shape index (κ3) is 3.27. The highest BCUT2D eigenvalue weighted by atomic mass is 16.6. The van der Waals surface area contributed by atoms with E-state index in [1.807, 2.05) is 25.7 Å². The predicted molar refractivity (Wildman–Crippen MR) is 80.8 cm³/mol. The summed E-state index contributed by atoms with van der Waals surface area (Å²) in [5, 5.41) is 0. The Morgan fingerprint density at radius 1 is 1.15 bits per heavy atom. The minimum atomic E-state index is -0.397. The molecule has 0 aromatic rings. The maximum absolute atomic E-state index is 12.4. The van der Waals surface area contributed by atoms with E-state index >= 15 is 0 Å². The zero-order valence-electron chi connectivity index (χ0n) is 13.7. The van der Waals surface area contributed by atoms with Crippen molar-refractivity contribution in [1.29, 1.82) is 0 Å². The molecule has 0 saturated carbocycles. The summed E-state index contributed by atoms with van der Waals surface area (Å²) in [5.41, 5.74) is -0.397. The highest BCUT2D eigenvalue weighted by Gasteiger charge is 2.45. The molecule has 3 atom stereocenters. The topological polar surface area (TPSA) is 32.8 Å².